The Balaban J connectivity index is 2.05. The van der Waals surface area contributed by atoms with Gasteiger partial charge >= 0.3 is 0 Å². The van der Waals surface area contributed by atoms with Crippen LogP contribution in [0.2, 0.25) is 0 Å². The summed E-state index contributed by atoms with van der Waals surface area (Å²) in [6.07, 6.45) is 6.67. The lowest BCUT2D eigenvalue weighted by Gasteiger charge is -2.21. The Kier molecular flexibility index (Phi) is 1.97. The molecule has 2 aliphatic rings. The average Bonchev–Trinajstić information content (AvgIpc) is 2.59. The third-order valence-corrected chi connectivity index (χ3v) is 3.27. The molecule has 0 aliphatic heterocycles. The Morgan fingerprint density at radius 2 is 1.77 bits per heavy atom. The van der Waals surface area contributed by atoms with Crippen LogP contribution in [0, 0.1) is 5.92 Å². The Hall–Kier alpha value is -0.400. The molecule has 0 saturated heterocycles. The lowest BCUT2D eigenvalue weighted by molar-refractivity contribution is 0.379. The van der Waals surface area contributed by atoms with Crippen molar-refractivity contribution in [3.8, 4) is 0 Å². The highest BCUT2D eigenvalue weighted by Crippen LogP contribution is 2.50. The van der Waals surface area contributed by atoms with Gasteiger partial charge in [-0.1, -0.05) is 0 Å². The molecule has 0 aromatic heterocycles. The highest BCUT2D eigenvalue weighted by atomic mass is 15.2. The maximum absolute atomic E-state index is 4.61. The third kappa shape index (κ3) is 1.92. The molecule has 2 heteroatoms. The quantitative estimate of drug-likeness (QED) is 0.551. The van der Waals surface area contributed by atoms with Crippen molar-refractivity contribution in [1.29, 1.82) is 0 Å². The topological polar surface area (TPSA) is 24.7 Å². The zero-order chi connectivity index (χ0) is 9.53. The van der Waals surface area contributed by atoms with E-state index in [1.54, 1.807) is 0 Å². The van der Waals surface area contributed by atoms with Crippen molar-refractivity contribution in [2.75, 3.05) is 0 Å². The summed E-state index contributed by atoms with van der Waals surface area (Å²) in [7, 11) is 0. The maximum Gasteiger partial charge on any atom is 0.0819 e. The van der Waals surface area contributed by atoms with Gasteiger partial charge in [-0.05, 0) is 58.8 Å². The minimum absolute atomic E-state index is 0.00935. The van der Waals surface area contributed by atoms with E-state index in [-0.39, 0.29) is 11.1 Å². The van der Waals surface area contributed by atoms with Gasteiger partial charge in [-0.25, -0.2) is 0 Å². The summed E-state index contributed by atoms with van der Waals surface area (Å²) in [6, 6.07) is 0. The van der Waals surface area contributed by atoms with Crippen molar-refractivity contribution in [1.82, 2.24) is 0 Å². The second kappa shape index (κ2) is 2.79. The van der Waals surface area contributed by atoms with E-state index in [1.807, 2.05) is 0 Å². The summed E-state index contributed by atoms with van der Waals surface area (Å²) < 4.78 is 0. The first-order valence-corrected chi connectivity index (χ1v) is 5.43. The predicted octanol–water partition coefficient (Wildman–Crippen LogP) is 3.57. The van der Waals surface area contributed by atoms with E-state index < -0.39 is 0 Å². The molecular weight excluding hydrogens is 160 g/mol. The van der Waals surface area contributed by atoms with Gasteiger partial charge in [-0.15, -0.1) is 0 Å². The first-order valence-electron chi connectivity index (χ1n) is 5.43. The van der Waals surface area contributed by atoms with Gasteiger partial charge in [0, 0.05) is 0 Å². The molecule has 0 aromatic carbocycles. The van der Waals surface area contributed by atoms with E-state index in [2.05, 4.69) is 31.0 Å². The van der Waals surface area contributed by atoms with Gasteiger partial charge in [0.2, 0.25) is 0 Å². The highest BCUT2D eigenvalue weighted by Gasteiger charge is 2.45. The minimum atomic E-state index is 0.00935. The molecule has 2 saturated carbocycles. The van der Waals surface area contributed by atoms with Crippen LogP contribution in [0.25, 0.3) is 0 Å². The van der Waals surface area contributed by atoms with Crippen LogP contribution >= 0.6 is 0 Å². The van der Waals surface area contributed by atoms with Gasteiger partial charge in [-0.2, -0.15) is 10.2 Å². The van der Waals surface area contributed by atoms with Gasteiger partial charge in [0.1, 0.15) is 0 Å². The number of azo groups is 1. The van der Waals surface area contributed by atoms with Crippen LogP contribution in [0.1, 0.15) is 52.9 Å². The Morgan fingerprint density at radius 1 is 1.15 bits per heavy atom. The van der Waals surface area contributed by atoms with Crippen LogP contribution in [-0.4, -0.2) is 11.1 Å². The Labute approximate surface area is 80.8 Å². The molecule has 0 amide bonds. The van der Waals surface area contributed by atoms with Gasteiger partial charge in [0.15, 0.2) is 0 Å². The molecule has 0 unspecified atom stereocenters. The van der Waals surface area contributed by atoms with Crippen LogP contribution in [-0.2, 0) is 0 Å². The molecule has 2 aliphatic carbocycles. The van der Waals surface area contributed by atoms with Gasteiger partial charge in [0.05, 0.1) is 11.1 Å². The largest absolute Gasteiger partial charge is 0.188 e. The number of hydrogen-bond donors (Lipinski definition) is 0. The molecule has 2 fully saturated rings. The van der Waals surface area contributed by atoms with Gasteiger partial charge < -0.3 is 0 Å². The van der Waals surface area contributed by atoms with Gasteiger partial charge in [-0.3, -0.25) is 0 Å². The van der Waals surface area contributed by atoms with Crippen molar-refractivity contribution < 1.29 is 0 Å². The standard InChI is InChI=1S/C11H20N2/c1-10(2,3)12-13-11-6-4-9(8-11)5-7-11/h9H,4-8H2,1-3H3. The molecule has 13 heavy (non-hydrogen) atoms. The Bertz CT molecular complexity index is 217. The number of fused-ring (bicyclic) bond motifs is 2. The fourth-order valence-electron chi connectivity index (χ4n) is 2.56. The maximum atomic E-state index is 4.61. The summed E-state index contributed by atoms with van der Waals surface area (Å²) >= 11 is 0. The van der Waals surface area contributed by atoms with Crippen molar-refractivity contribution in [3.63, 3.8) is 0 Å². The number of hydrogen-bond acceptors (Lipinski definition) is 2. The first-order chi connectivity index (χ1) is 5.99. The van der Waals surface area contributed by atoms with E-state index in [0.717, 1.165) is 5.92 Å². The third-order valence-electron chi connectivity index (χ3n) is 3.27. The molecule has 74 valence electrons. The van der Waals surface area contributed by atoms with E-state index in [4.69, 9.17) is 0 Å². The summed E-state index contributed by atoms with van der Waals surface area (Å²) in [6.45, 7) is 6.36. The molecule has 0 spiro atoms. The second-order valence-electron chi connectivity index (χ2n) is 5.74. The van der Waals surface area contributed by atoms with Crippen molar-refractivity contribution in [2.24, 2.45) is 16.1 Å². The molecule has 0 heterocycles. The molecule has 0 aromatic rings. The van der Waals surface area contributed by atoms with Crippen molar-refractivity contribution >= 4 is 0 Å². The van der Waals surface area contributed by atoms with E-state index in [1.165, 1.54) is 32.1 Å². The normalized spacial score (nSPS) is 39.2. The monoisotopic (exact) mass is 180 g/mol. The van der Waals surface area contributed by atoms with E-state index >= 15 is 0 Å². The highest BCUT2D eigenvalue weighted by molar-refractivity contribution is 5.02. The van der Waals surface area contributed by atoms with Crippen LogP contribution in [0.3, 0.4) is 0 Å². The first kappa shape index (κ1) is 9.17. The molecule has 2 nitrogen and oxygen atoms in total. The zero-order valence-electron chi connectivity index (χ0n) is 9.01. The average molecular weight is 180 g/mol. The fraction of sp³-hybridized carbons (Fsp3) is 1.00. The molecule has 2 rings (SSSR count). The Morgan fingerprint density at radius 3 is 2.15 bits per heavy atom. The van der Waals surface area contributed by atoms with Crippen LogP contribution in [0.5, 0.6) is 0 Å². The number of nitrogens with zero attached hydrogens (tertiary/aromatic N) is 2. The molecule has 0 radical (unpaired) electrons. The molecular formula is C11H20N2. The lowest BCUT2D eigenvalue weighted by Crippen LogP contribution is -2.20. The SMILES string of the molecule is CC(C)(C)N=NC12CCC(CC1)C2. The van der Waals surface area contributed by atoms with Crippen LogP contribution in [0.4, 0.5) is 0 Å². The second-order valence-corrected chi connectivity index (χ2v) is 5.74. The van der Waals surface area contributed by atoms with Gasteiger partial charge in [0.25, 0.3) is 0 Å². The lowest BCUT2D eigenvalue weighted by atomic mass is 9.95. The fourth-order valence-corrected chi connectivity index (χ4v) is 2.56. The minimum Gasteiger partial charge on any atom is -0.188 e. The molecule has 0 atom stereocenters. The summed E-state index contributed by atoms with van der Waals surface area (Å²) in [4.78, 5) is 0. The molecule has 0 N–H and O–H groups in total. The smallest absolute Gasteiger partial charge is 0.0819 e. The van der Waals surface area contributed by atoms with Crippen molar-refractivity contribution in [3.05, 3.63) is 0 Å². The van der Waals surface area contributed by atoms with Crippen molar-refractivity contribution in [2.45, 2.75) is 64.0 Å². The zero-order valence-corrected chi connectivity index (χ0v) is 9.01. The van der Waals surface area contributed by atoms with Crippen LogP contribution < -0.4 is 0 Å². The van der Waals surface area contributed by atoms with Crippen LogP contribution in [0.15, 0.2) is 10.2 Å². The summed E-state index contributed by atoms with van der Waals surface area (Å²) in [5.41, 5.74) is 0.285. The molecule has 2 bridgehead atoms. The summed E-state index contributed by atoms with van der Waals surface area (Å²) in [5.74, 6) is 0.971. The van der Waals surface area contributed by atoms with E-state index in [9.17, 15) is 0 Å². The summed E-state index contributed by atoms with van der Waals surface area (Å²) in [5, 5.41) is 9.04. The predicted molar refractivity (Wildman–Crippen MR) is 53.9 cm³/mol. The van der Waals surface area contributed by atoms with E-state index in [0.29, 0.717) is 0 Å². The number of rotatable bonds is 1.